The molecule has 7 nitrogen and oxygen atoms in total. The van der Waals surface area contributed by atoms with E-state index in [-0.39, 0.29) is 10.8 Å². The fourth-order valence-corrected chi connectivity index (χ4v) is 6.01. The number of nitrogens with zero attached hydrogens (tertiary/aromatic N) is 3. The zero-order chi connectivity index (χ0) is 23.6. The Labute approximate surface area is 199 Å². The van der Waals surface area contributed by atoms with E-state index < -0.39 is 16.1 Å². The third-order valence-corrected chi connectivity index (χ3v) is 8.25. The summed E-state index contributed by atoms with van der Waals surface area (Å²) in [5, 5.41) is 8.03. The number of halogens is 1. The van der Waals surface area contributed by atoms with Gasteiger partial charge in [0.2, 0.25) is 15.9 Å². The number of benzene rings is 2. The summed E-state index contributed by atoms with van der Waals surface area (Å²) < 4.78 is 29.4. The highest BCUT2D eigenvalue weighted by atomic mass is 35.5. The molecule has 1 amide bonds. The summed E-state index contributed by atoms with van der Waals surface area (Å²) in [6.45, 7) is 5.17. The Morgan fingerprint density at radius 2 is 1.82 bits per heavy atom. The van der Waals surface area contributed by atoms with Crippen molar-refractivity contribution in [1.82, 2.24) is 19.4 Å². The molecule has 1 aliphatic heterocycles. The highest BCUT2D eigenvalue weighted by Gasteiger charge is 2.39. The van der Waals surface area contributed by atoms with Crippen LogP contribution >= 0.6 is 11.6 Å². The number of aromatic nitrogens is 2. The van der Waals surface area contributed by atoms with Gasteiger partial charge in [0, 0.05) is 29.4 Å². The fourth-order valence-electron chi connectivity index (χ4n) is 4.23. The highest BCUT2D eigenvalue weighted by molar-refractivity contribution is 7.89. The van der Waals surface area contributed by atoms with Crippen LogP contribution in [0.4, 0.5) is 0 Å². The monoisotopic (exact) mass is 486 g/mol. The second-order valence-corrected chi connectivity index (χ2v) is 10.6. The second-order valence-electron chi connectivity index (χ2n) is 8.24. The number of amides is 1. The van der Waals surface area contributed by atoms with Gasteiger partial charge in [-0.05, 0) is 56.5 Å². The lowest BCUT2D eigenvalue weighted by Gasteiger charge is -2.23. The molecule has 1 fully saturated rings. The Morgan fingerprint density at radius 3 is 2.52 bits per heavy atom. The van der Waals surface area contributed by atoms with Gasteiger partial charge < -0.3 is 5.32 Å². The molecule has 2 aromatic carbocycles. The first-order chi connectivity index (χ1) is 15.8. The van der Waals surface area contributed by atoms with Gasteiger partial charge >= 0.3 is 0 Å². The van der Waals surface area contributed by atoms with Crippen molar-refractivity contribution in [1.29, 1.82) is 0 Å². The third kappa shape index (κ3) is 4.98. The summed E-state index contributed by atoms with van der Waals surface area (Å²) in [6.07, 6.45) is 1.13. The number of nitrogens with one attached hydrogen (secondary N) is 1. The van der Waals surface area contributed by atoms with Crippen LogP contribution in [0, 0.1) is 13.8 Å². The van der Waals surface area contributed by atoms with Crippen LogP contribution in [0.2, 0.25) is 5.02 Å². The maximum Gasteiger partial charge on any atom is 0.243 e. The number of sulfonamides is 1. The second kappa shape index (κ2) is 9.67. The first kappa shape index (κ1) is 23.5. The molecule has 1 saturated heterocycles. The fraction of sp³-hybridized carbons (Fsp3) is 0.333. The molecule has 0 radical (unpaired) electrons. The predicted octanol–water partition coefficient (Wildman–Crippen LogP) is 3.67. The number of carbonyl (C=O) groups excluding carboxylic acids is 1. The van der Waals surface area contributed by atoms with Gasteiger partial charge in [-0.2, -0.15) is 9.40 Å². The minimum atomic E-state index is -3.78. The molecule has 4 rings (SSSR count). The lowest BCUT2D eigenvalue weighted by Crippen LogP contribution is -2.45. The van der Waals surface area contributed by atoms with E-state index in [1.165, 1.54) is 28.6 Å². The van der Waals surface area contributed by atoms with Crippen molar-refractivity contribution in [2.45, 2.75) is 50.7 Å². The van der Waals surface area contributed by atoms with Gasteiger partial charge in [0.05, 0.1) is 17.1 Å². The molecule has 2 heterocycles. The van der Waals surface area contributed by atoms with E-state index in [4.69, 9.17) is 11.6 Å². The van der Waals surface area contributed by atoms with E-state index in [1.807, 2.05) is 48.9 Å². The number of rotatable bonds is 7. The van der Waals surface area contributed by atoms with Gasteiger partial charge in [-0.25, -0.2) is 8.42 Å². The van der Waals surface area contributed by atoms with Crippen LogP contribution < -0.4 is 5.32 Å². The summed E-state index contributed by atoms with van der Waals surface area (Å²) in [4.78, 5) is 13.2. The van der Waals surface area contributed by atoms with Crippen LogP contribution in [0.3, 0.4) is 0 Å². The summed E-state index contributed by atoms with van der Waals surface area (Å²) in [5.74, 6) is -0.292. The lowest BCUT2D eigenvalue weighted by atomic mass is 10.1. The summed E-state index contributed by atoms with van der Waals surface area (Å²) in [5.41, 5.74) is 3.92. The summed E-state index contributed by atoms with van der Waals surface area (Å²) in [6, 6.07) is 15.4. The van der Waals surface area contributed by atoms with E-state index in [1.54, 1.807) is 0 Å². The first-order valence-corrected chi connectivity index (χ1v) is 12.7. The highest BCUT2D eigenvalue weighted by Crippen LogP contribution is 2.27. The smallest absolute Gasteiger partial charge is 0.243 e. The third-order valence-electron chi connectivity index (χ3n) is 6.07. The maximum atomic E-state index is 13.1. The van der Waals surface area contributed by atoms with Crippen molar-refractivity contribution < 1.29 is 13.2 Å². The molecule has 0 unspecified atom stereocenters. The van der Waals surface area contributed by atoms with Crippen LogP contribution in [0.25, 0.3) is 0 Å². The number of aryl methyl sites for hydroxylation is 1. The SMILES string of the molecule is Cc1nn(Cc2ccccc2)c(C)c1CNC(=O)[C@@H]1CCCN1S(=O)(=O)c1ccc(Cl)cc1. The minimum Gasteiger partial charge on any atom is -0.350 e. The Hall–Kier alpha value is -2.68. The van der Waals surface area contributed by atoms with Gasteiger partial charge in [-0.1, -0.05) is 41.9 Å². The summed E-state index contributed by atoms with van der Waals surface area (Å²) >= 11 is 5.89. The largest absolute Gasteiger partial charge is 0.350 e. The van der Waals surface area contributed by atoms with Crippen molar-refractivity contribution in [3.8, 4) is 0 Å². The van der Waals surface area contributed by atoms with E-state index in [0.717, 1.165) is 22.5 Å². The normalized spacial score (nSPS) is 16.8. The zero-order valence-corrected chi connectivity index (χ0v) is 20.2. The maximum absolute atomic E-state index is 13.1. The van der Waals surface area contributed by atoms with Crippen LogP contribution in [-0.2, 0) is 27.9 Å². The standard InChI is InChI=1S/C24H27ClN4O3S/c1-17-22(18(2)28(27-17)16-19-7-4-3-5-8-19)15-26-24(30)23-9-6-14-29(23)33(31,32)21-12-10-20(25)11-13-21/h3-5,7-8,10-13,23H,6,9,14-16H2,1-2H3,(H,26,30)/t23-/m0/s1. The topological polar surface area (TPSA) is 84.3 Å². The molecule has 0 bridgehead atoms. The molecule has 9 heteroatoms. The molecule has 1 atom stereocenters. The molecule has 174 valence electrons. The molecule has 1 aromatic heterocycles. The van der Waals surface area contributed by atoms with Crippen molar-refractivity contribution in [2.75, 3.05) is 6.54 Å². The van der Waals surface area contributed by atoms with E-state index in [0.29, 0.717) is 37.5 Å². The van der Waals surface area contributed by atoms with Crippen molar-refractivity contribution in [3.63, 3.8) is 0 Å². The molecule has 1 aliphatic rings. The molecule has 1 N–H and O–H groups in total. The Kier molecular flexibility index (Phi) is 6.88. The number of hydrogen-bond acceptors (Lipinski definition) is 4. The van der Waals surface area contributed by atoms with Gasteiger partial charge in [0.25, 0.3) is 0 Å². The number of hydrogen-bond donors (Lipinski definition) is 1. The van der Waals surface area contributed by atoms with E-state index >= 15 is 0 Å². The molecule has 0 spiro atoms. The average molecular weight is 487 g/mol. The van der Waals surface area contributed by atoms with Crippen LogP contribution in [0.5, 0.6) is 0 Å². The Bertz CT molecular complexity index is 1240. The van der Waals surface area contributed by atoms with E-state index in [2.05, 4.69) is 10.4 Å². The Balaban J connectivity index is 1.46. The number of carbonyl (C=O) groups is 1. The zero-order valence-electron chi connectivity index (χ0n) is 18.7. The van der Waals surface area contributed by atoms with Gasteiger partial charge in [-0.15, -0.1) is 0 Å². The summed E-state index contributed by atoms with van der Waals surface area (Å²) in [7, 11) is -3.78. The van der Waals surface area contributed by atoms with Crippen LogP contribution in [-0.4, -0.2) is 41.0 Å². The molecular weight excluding hydrogens is 460 g/mol. The minimum absolute atomic E-state index is 0.139. The van der Waals surface area contributed by atoms with E-state index in [9.17, 15) is 13.2 Å². The van der Waals surface area contributed by atoms with Gasteiger partial charge in [0.1, 0.15) is 6.04 Å². The average Bonchev–Trinajstić information content (AvgIpc) is 3.39. The van der Waals surface area contributed by atoms with Crippen LogP contribution in [0.1, 0.15) is 35.4 Å². The molecule has 33 heavy (non-hydrogen) atoms. The van der Waals surface area contributed by atoms with Crippen molar-refractivity contribution >= 4 is 27.5 Å². The predicted molar refractivity (Wildman–Crippen MR) is 127 cm³/mol. The molecular formula is C24H27ClN4O3S. The van der Waals surface area contributed by atoms with Gasteiger partial charge in [0.15, 0.2) is 0 Å². The van der Waals surface area contributed by atoms with Crippen molar-refractivity contribution in [2.24, 2.45) is 0 Å². The lowest BCUT2D eigenvalue weighted by molar-refractivity contribution is -0.124. The quantitative estimate of drug-likeness (QED) is 0.552. The molecule has 0 saturated carbocycles. The molecule has 3 aromatic rings. The van der Waals surface area contributed by atoms with Crippen molar-refractivity contribution in [3.05, 3.63) is 82.1 Å². The van der Waals surface area contributed by atoms with Crippen LogP contribution in [0.15, 0.2) is 59.5 Å². The Morgan fingerprint density at radius 1 is 1.12 bits per heavy atom. The first-order valence-electron chi connectivity index (χ1n) is 10.9. The van der Waals surface area contributed by atoms with Gasteiger partial charge in [-0.3, -0.25) is 9.48 Å². The molecule has 0 aliphatic carbocycles.